The fourth-order valence-electron chi connectivity index (χ4n) is 2.66. The second kappa shape index (κ2) is 6.08. The van der Waals surface area contributed by atoms with Crippen LogP contribution in [0.5, 0.6) is 0 Å². The standard InChI is InChI=1S/C16H19N3O2/c1-11-7-9-13(10-8-11)17-14(20)16-19-18-15(21-16)12-5-3-2-4-6-12/h2-6,11,13H,7-10H2,1H3,(H,17,20). The molecule has 1 aliphatic rings. The molecule has 5 heteroatoms. The van der Waals surface area contributed by atoms with Gasteiger partial charge in [-0.2, -0.15) is 0 Å². The molecule has 1 N–H and O–H groups in total. The van der Waals surface area contributed by atoms with E-state index in [2.05, 4.69) is 22.4 Å². The van der Waals surface area contributed by atoms with Gasteiger partial charge in [0.15, 0.2) is 0 Å². The smallest absolute Gasteiger partial charge is 0.309 e. The van der Waals surface area contributed by atoms with Gasteiger partial charge < -0.3 is 9.73 Å². The fraction of sp³-hybridized carbons (Fsp3) is 0.438. The molecule has 5 nitrogen and oxygen atoms in total. The molecule has 1 aliphatic carbocycles. The Morgan fingerprint density at radius 1 is 1.14 bits per heavy atom. The zero-order valence-electron chi connectivity index (χ0n) is 12.1. The van der Waals surface area contributed by atoms with Gasteiger partial charge in [0.1, 0.15) is 0 Å². The normalized spacial score (nSPS) is 22.0. The van der Waals surface area contributed by atoms with Crippen molar-refractivity contribution in [2.75, 3.05) is 0 Å². The van der Waals surface area contributed by atoms with Crippen LogP contribution in [0.3, 0.4) is 0 Å². The summed E-state index contributed by atoms with van der Waals surface area (Å²) in [5.74, 6) is 0.890. The number of hydrogen-bond acceptors (Lipinski definition) is 4. The average molecular weight is 285 g/mol. The van der Waals surface area contributed by atoms with Crippen LogP contribution < -0.4 is 5.32 Å². The fourth-order valence-corrected chi connectivity index (χ4v) is 2.66. The maximum Gasteiger partial charge on any atom is 0.309 e. The van der Waals surface area contributed by atoms with Crippen LogP contribution in [-0.4, -0.2) is 22.1 Å². The summed E-state index contributed by atoms with van der Waals surface area (Å²) in [5.41, 5.74) is 0.815. The number of hydrogen-bond donors (Lipinski definition) is 1. The van der Waals surface area contributed by atoms with Crippen molar-refractivity contribution in [1.29, 1.82) is 0 Å². The Morgan fingerprint density at radius 2 is 1.86 bits per heavy atom. The number of nitrogens with zero attached hydrogens (tertiary/aromatic N) is 2. The molecule has 110 valence electrons. The van der Waals surface area contributed by atoms with Gasteiger partial charge in [0, 0.05) is 11.6 Å². The van der Waals surface area contributed by atoms with Crippen LogP contribution in [0.4, 0.5) is 0 Å². The number of rotatable bonds is 3. The van der Waals surface area contributed by atoms with Crippen LogP contribution in [0.25, 0.3) is 11.5 Å². The molecule has 1 aromatic heterocycles. The van der Waals surface area contributed by atoms with Crippen LogP contribution >= 0.6 is 0 Å². The van der Waals surface area contributed by atoms with Crippen molar-refractivity contribution < 1.29 is 9.21 Å². The van der Waals surface area contributed by atoms with E-state index in [0.29, 0.717) is 5.89 Å². The molecule has 0 unspecified atom stereocenters. The molecule has 0 spiro atoms. The highest BCUT2D eigenvalue weighted by Crippen LogP contribution is 2.24. The summed E-state index contributed by atoms with van der Waals surface area (Å²) in [7, 11) is 0. The first-order valence-electron chi connectivity index (χ1n) is 7.42. The Morgan fingerprint density at radius 3 is 2.57 bits per heavy atom. The molecular formula is C16H19N3O2. The largest absolute Gasteiger partial charge is 0.412 e. The van der Waals surface area contributed by atoms with Crippen LogP contribution in [0.2, 0.25) is 0 Å². The minimum atomic E-state index is -0.274. The molecule has 0 aliphatic heterocycles. The monoisotopic (exact) mass is 285 g/mol. The summed E-state index contributed by atoms with van der Waals surface area (Å²) < 4.78 is 5.46. The predicted octanol–water partition coefficient (Wildman–Crippen LogP) is 3.05. The van der Waals surface area contributed by atoms with Crippen molar-refractivity contribution in [2.45, 2.75) is 38.6 Å². The van der Waals surface area contributed by atoms with Gasteiger partial charge in [0.2, 0.25) is 5.89 Å². The number of nitrogens with one attached hydrogen (secondary N) is 1. The Labute approximate surface area is 123 Å². The van der Waals surface area contributed by atoms with Gasteiger partial charge >= 0.3 is 11.8 Å². The van der Waals surface area contributed by atoms with Crippen LogP contribution in [-0.2, 0) is 0 Å². The van der Waals surface area contributed by atoms with E-state index in [4.69, 9.17) is 4.42 Å². The van der Waals surface area contributed by atoms with Crippen molar-refractivity contribution in [1.82, 2.24) is 15.5 Å². The first kappa shape index (κ1) is 13.8. The highest BCUT2D eigenvalue weighted by atomic mass is 16.4. The van der Waals surface area contributed by atoms with Crippen molar-refractivity contribution >= 4 is 5.91 Å². The van der Waals surface area contributed by atoms with E-state index >= 15 is 0 Å². The summed E-state index contributed by atoms with van der Waals surface area (Å²) in [6.07, 6.45) is 4.35. The lowest BCUT2D eigenvalue weighted by Gasteiger charge is -2.26. The lowest BCUT2D eigenvalue weighted by Crippen LogP contribution is -2.37. The topological polar surface area (TPSA) is 68.0 Å². The summed E-state index contributed by atoms with van der Waals surface area (Å²) in [6.45, 7) is 2.25. The van der Waals surface area contributed by atoms with Gasteiger partial charge in [-0.3, -0.25) is 4.79 Å². The molecule has 0 bridgehead atoms. The molecule has 21 heavy (non-hydrogen) atoms. The van der Waals surface area contributed by atoms with Crippen LogP contribution in [0.1, 0.15) is 43.3 Å². The highest BCUT2D eigenvalue weighted by Gasteiger charge is 2.23. The second-order valence-corrected chi connectivity index (χ2v) is 5.71. The average Bonchev–Trinajstić information content (AvgIpc) is 3.00. The van der Waals surface area contributed by atoms with Gasteiger partial charge in [-0.1, -0.05) is 25.1 Å². The molecule has 1 heterocycles. The summed E-state index contributed by atoms with van der Waals surface area (Å²) in [4.78, 5) is 12.1. The summed E-state index contributed by atoms with van der Waals surface area (Å²) >= 11 is 0. The predicted molar refractivity (Wildman–Crippen MR) is 78.6 cm³/mol. The van der Waals surface area contributed by atoms with Gasteiger partial charge in [-0.05, 0) is 43.7 Å². The number of carbonyl (C=O) groups excluding carboxylic acids is 1. The van der Waals surface area contributed by atoms with E-state index in [1.165, 1.54) is 0 Å². The molecule has 2 aromatic rings. The van der Waals surface area contributed by atoms with E-state index in [0.717, 1.165) is 37.2 Å². The van der Waals surface area contributed by atoms with Gasteiger partial charge in [-0.15, -0.1) is 10.2 Å². The highest BCUT2D eigenvalue weighted by molar-refractivity contribution is 5.89. The molecule has 1 fully saturated rings. The molecule has 1 aromatic carbocycles. The quantitative estimate of drug-likeness (QED) is 0.941. The Kier molecular flexibility index (Phi) is 3.99. The zero-order chi connectivity index (χ0) is 14.7. The number of aromatic nitrogens is 2. The third-order valence-corrected chi connectivity index (χ3v) is 3.99. The summed E-state index contributed by atoms with van der Waals surface area (Å²) in [6, 6.07) is 9.67. The van der Waals surface area contributed by atoms with Crippen molar-refractivity contribution in [3.63, 3.8) is 0 Å². The Bertz CT molecular complexity index is 601. The number of benzene rings is 1. The Hall–Kier alpha value is -2.17. The maximum absolute atomic E-state index is 12.1. The first-order valence-corrected chi connectivity index (χ1v) is 7.42. The third-order valence-electron chi connectivity index (χ3n) is 3.99. The minimum absolute atomic E-state index is 0.0347. The molecule has 1 amide bonds. The molecule has 0 radical (unpaired) electrons. The second-order valence-electron chi connectivity index (χ2n) is 5.71. The van der Waals surface area contributed by atoms with Gasteiger partial charge in [0.05, 0.1) is 0 Å². The summed E-state index contributed by atoms with van der Waals surface area (Å²) in [5, 5.41) is 10.8. The van der Waals surface area contributed by atoms with Crippen LogP contribution in [0.15, 0.2) is 34.7 Å². The van der Waals surface area contributed by atoms with E-state index in [1.807, 2.05) is 30.3 Å². The molecule has 0 saturated heterocycles. The lowest BCUT2D eigenvalue weighted by atomic mass is 9.87. The minimum Gasteiger partial charge on any atom is -0.412 e. The van der Waals surface area contributed by atoms with E-state index in [9.17, 15) is 4.79 Å². The van der Waals surface area contributed by atoms with Gasteiger partial charge in [0.25, 0.3) is 0 Å². The first-order chi connectivity index (χ1) is 10.2. The van der Waals surface area contributed by atoms with Crippen LogP contribution in [0, 0.1) is 5.92 Å². The number of amides is 1. The number of carbonyl (C=O) groups is 1. The zero-order valence-corrected chi connectivity index (χ0v) is 12.1. The van der Waals surface area contributed by atoms with Crippen molar-refractivity contribution in [3.05, 3.63) is 36.2 Å². The Balaban J connectivity index is 1.64. The SMILES string of the molecule is CC1CCC(NC(=O)c2nnc(-c3ccccc3)o2)CC1. The molecular weight excluding hydrogens is 266 g/mol. The van der Waals surface area contributed by atoms with E-state index < -0.39 is 0 Å². The molecule has 0 atom stereocenters. The third kappa shape index (κ3) is 3.29. The molecule has 1 saturated carbocycles. The molecule has 3 rings (SSSR count). The van der Waals surface area contributed by atoms with E-state index in [1.54, 1.807) is 0 Å². The van der Waals surface area contributed by atoms with Crippen molar-refractivity contribution in [3.8, 4) is 11.5 Å². The lowest BCUT2D eigenvalue weighted by molar-refractivity contribution is 0.0888. The van der Waals surface area contributed by atoms with E-state index in [-0.39, 0.29) is 17.8 Å². The van der Waals surface area contributed by atoms with Gasteiger partial charge in [-0.25, -0.2) is 0 Å². The maximum atomic E-state index is 12.1. The van der Waals surface area contributed by atoms with Crippen molar-refractivity contribution in [2.24, 2.45) is 5.92 Å².